The summed E-state index contributed by atoms with van der Waals surface area (Å²) in [4.78, 5) is 4.13. The summed E-state index contributed by atoms with van der Waals surface area (Å²) in [6.45, 7) is 2.99. The molecule has 1 aliphatic rings. The molecule has 23 heavy (non-hydrogen) atoms. The molecule has 3 heterocycles. The third-order valence-electron chi connectivity index (χ3n) is 4.39. The van der Waals surface area contributed by atoms with Crippen LogP contribution in [0.15, 0.2) is 43.0 Å². The fourth-order valence-corrected chi connectivity index (χ4v) is 3.11. The molecule has 1 aliphatic heterocycles. The van der Waals surface area contributed by atoms with E-state index in [9.17, 15) is 0 Å². The van der Waals surface area contributed by atoms with Gasteiger partial charge in [-0.25, -0.2) is 4.98 Å². The lowest BCUT2D eigenvalue weighted by atomic mass is 10.1. The van der Waals surface area contributed by atoms with Crippen LogP contribution < -0.4 is 0 Å². The Morgan fingerprint density at radius 1 is 1.35 bits per heavy atom. The van der Waals surface area contributed by atoms with Crippen LogP contribution in [0, 0.1) is 6.92 Å². The minimum Gasteiger partial charge on any atom is -0.378 e. The van der Waals surface area contributed by atoms with E-state index in [1.807, 2.05) is 17.1 Å². The summed E-state index contributed by atoms with van der Waals surface area (Å²) in [5.74, 6) is 0. The molecule has 0 bridgehead atoms. The SMILES string of the molecule is Cc1ccc(-c2cc(CC3CCCO3)[nH]n2)cc1-n1ccnc1. The van der Waals surface area contributed by atoms with Gasteiger partial charge in [-0.05, 0) is 37.5 Å². The van der Waals surface area contributed by atoms with E-state index in [-0.39, 0.29) is 0 Å². The van der Waals surface area contributed by atoms with E-state index in [1.54, 1.807) is 6.20 Å². The van der Waals surface area contributed by atoms with Crippen molar-refractivity contribution in [1.29, 1.82) is 0 Å². The van der Waals surface area contributed by atoms with E-state index in [1.165, 1.54) is 5.56 Å². The second kappa shape index (κ2) is 6.01. The molecule has 0 spiro atoms. The molecule has 3 aromatic rings. The molecule has 1 unspecified atom stereocenters. The molecular weight excluding hydrogens is 288 g/mol. The molecule has 4 rings (SSSR count). The number of aryl methyl sites for hydroxylation is 1. The van der Waals surface area contributed by atoms with Crippen LogP contribution in [-0.4, -0.2) is 32.5 Å². The normalized spacial score (nSPS) is 17.7. The first-order valence-electron chi connectivity index (χ1n) is 8.05. The molecule has 1 fully saturated rings. The molecule has 5 nitrogen and oxygen atoms in total. The monoisotopic (exact) mass is 308 g/mol. The summed E-state index contributed by atoms with van der Waals surface area (Å²) in [6, 6.07) is 8.52. The maximum Gasteiger partial charge on any atom is 0.0991 e. The van der Waals surface area contributed by atoms with Crippen molar-refractivity contribution in [2.45, 2.75) is 32.3 Å². The molecule has 0 saturated carbocycles. The minimum atomic E-state index is 0.336. The zero-order valence-electron chi connectivity index (χ0n) is 13.2. The molecule has 0 radical (unpaired) electrons. The van der Waals surface area contributed by atoms with Crippen LogP contribution in [0.25, 0.3) is 16.9 Å². The first-order chi connectivity index (χ1) is 11.3. The van der Waals surface area contributed by atoms with Gasteiger partial charge in [-0.2, -0.15) is 5.10 Å². The lowest BCUT2D eigenvalue weighted by molar-refractivity contribution is 0.110. The fourth-order valence-electron chi connectivity index (χ4n) is 3.11. The van der Waals surface area contributed by atoms with E-state index in [0.29, 0.717) is 6.10 Å². The summed E-state index contributed by atoms with van der Waals surface area (Å²) >= 11 is 0. The van der Waals surface area contributed by atoms with Gasteiger partial charge in [-0.1, -0.05) is 12.1 Å². The molecule has 0 amide bonds. The van der Waals surface area contributed by atoms with Gasteiger partial charge >= 0.3 is 0 Å². The van der Waals surface area contributed by atoms with E-state index in [0.717, 1.165) is 48.5 Å². The van der Waals surface area contributed by atoms with Gasteiger partial charge in [0.15, 0.2) is 0 Å². The molecule has 2 aromatic heterocycles. The number of rotatable bonds is 4. The van der Waals surface area contributed by atoms with Crippen molar-refractivity contribution >= 4 is 0 Å². The van der Waals surface area contributed by atoms with Crippen molar-refractivity contribution < 1.29 is 4.74 Å². The summed E-state index contributed by atoms with van der Waals surface area (Å²) < 4.78 is 7.72. The lowest BCUT2D eigenvalue weighted by Gasteiger charge is -2.08. The van der Waals surface area contributed by atoms with E-state index in [2.05, 4.69) is 46.4 Å². The number of benzene rings is 1. The third kappa shape index (κ3) is 2.92. The number of aromatic nitrogens is 4. The van der Waals surface area contributed by atoms with Gasteiger partial charge in [0.2, 0.25) is 0 Å². The Labute approximate surface area is 135 Å². The number of nitrogens with one attached hydrogen (secondary N) is 1. The van der Waals surface area contributed by atoms with Crippen molar-refractivity contribution in [2.24, 2.45) is 0 Å². The standard InChI is InChI=1S/C18H20N4O/c1-13-4-5-14(9-18(13)22-7-6-19-12-22)17-11-15(20-21-17)10-16-3-2-8-23-16/h4-7,9,11-12,16H,2-3,8,10H2,1H3,(H,20,21). The molecule has 118 valence electrons. The van der Waals surface area contributed by atoms with E-state index >= 15 is 0 Å². The summed E-state index contributed by atoms with van der Waals surface area (Å²) in [5, 5.41) is 7.63. The van der Waals surface area contributed by atoms with Crippen molar-refractivity contribution in [2.75, 3.05) is 6.61 Å². The largest absolute Gasteiger partial charge is 0.378 e. The minimum absolute atomic E-state index is 0.336. The molecule has 1 N–H and O–H groups in total. The lowest BCUT2D eigenvalue weighted by Crippen LogP contribution is -2.08. The first-order valence-corrected chi connectivity index (χ1v) is 8.05. The molecule has 1 saturated heterocycles. The highest BCUT2D eigenvalue weighted by molar-refractivity contribution is 5.64. The molecule has 1 aromatic carbocycles. The smallest absolute Gasteiger partial charge is 0.0991 e. The zero-order valence-corrected chi connectivity index (χ0v) is 13.2. The molecule has 5 heteroatoms. The Morgan fingerprint density at radius 2 is 2.30 bits per heavy atom. The van der Waals surface area contributed by atoms with Crippen LogP contribution in [0.5, 0.6) is 0 Å². The van der Waals surface area contributed by atoms with Crippen LogP contribution in [0.1, 0.15) is 24.1 Å². The predicted molar refractivity (Wildman–Crippen MR) is 88.6 cm³/mol. The summed E-state index contributed by atoms with van der Waals surface area (Å²) in [5.41, 5.74) is 5.55. The number of hydrogen-bond donors (Lipinski definition) is 1. The molecule has 0 aliphatic carbocycles. The molecule has 1 atom stereocenters. The average Bonchev–Trinajstić information content (AvgIpc) is 3.31. The maximum atomic E-state index is 5.70. The van der Waals surface area contributed by atoms with E-state index in [4.69, 9.17) is 4.74 Å². The number of H-pyrrole nitrogens is 1. The Bertz CT molecular complexity index is 785. The highest BCUT2D eigenvalue weighted by atomic mass is 16.5. The first kappa shape index (κ1) is 14.2. The van der Waals surface area contributed by atoms with Crippen molar-refractivity contribution in [1.82, 2.24) is 19.7 Å². The van der Waals surface area contributed by atoms with E-state index < -0.39 is 0 Å². The second-order valence-electron chi connectivity index (χ2n) is 6.09. The number of nitrogens with zero attached hydrogens (tertiary/aromatic N) is 3. The van der Waals surface area contributed by atoms with Gasteiger partial charge in [-0.3, -0.25) is 5.10 Å². The number of hydrogen-bond acceptors (Lipinski definition) is 3. The van der Waals surface area contributed by atoms with Gasteiger partial charge < -0.3 is 9.30 Å². The van der Waals surface area contributed by atoms with Crippen LogP contribution in [0.3, 0.4) is 0 Å². The zero-order chi connectivity index (χ0) is 15.6. The van der Waals surface area contributed by atoms with Gasteiger partial charge in [0, 0.05) is 36.7 Å². The van der Waals surface area contributed by atoms with Gasteiger partial charge in [0.05, 0.1) is 23.8 Å². The highest BCUT2D eigenvalue weighted by Gasteiger charge is 2.17. The topological polar surface area (TPSA) is 55.7 Å². The van der Waals surface area contributed by atoms with Crippen LogP contribution in [0.2, 0.25) is 0 Å². The maximum absolute atomic E-state index is 5.70. The van der Waals surface area contributed by atoms with Crippen LogP contribution in [0.4, 0.5) is 0 Å². The van der Waals surface area contributed by atoms with Crippen molar-refractivity contribution in [3.8, 4) is 16.9 Å². The third-order valence-corrected chi connectivity index (χ3v) is 4.39. The predicted octanol–water partition coefficient (Wildman–Crippen LogP) is 3.29. The quantitative estimate of drug-likeness (QED) is 0.804. The number of aromatic amines is 1. The summed E-state index contributed by atoms with van der Waals surface area (Å²) in [7, 11) is 0. The Balaban J connectivity index is 1.60. The number of imidazole rings is 1. The van der Waals surface area contributed by atoms with Crippen LogP contribution in [-0.2, 0) is 11.2 Å². The Morgan fingerprint density at radius 3 is 3.09 bits per heavy atom. The number of ether oxygens (including phenoxy) is 1. The molecular formula is C18H20N4O. The van der Waals surface area contributed by atoms with Gasteiger partial charge in [0.1, 0.15) is 0 Å². The Kier molecular flexibility index (Phi) is 3.71. The average molecular weight is 308 g/mol. The highest BCUT2D eigenvalue weighted by Crippen LogP contribution is 2.25. The van der Waals surface area contributed by atoms with Crippen LogP contribution >= 0.6 is 0 Å². The van der Waals surface area contributed by atoms with Gasteiger partial charge in [-0.15, -0.1) is 0 Å². The summed E-state index contributed by atoms with van der Waals surface area (Å²) in [6.07, 6.45) is 9.12. The fraction of sp³-hybridized carbons (Fsp3) is 0.333. The van der Waals surface area contributed by atoms with Crippen molar-refractivity contribution in [3.63, 3.8) is 0 Å². The Hall–Kier alpha value is -2.40. The van der Waals surface area contributed by atoms with Crippen molar-refractivity contribution in [3.05, 3.63) is 54.2 Å². The van der Waals surface area contributed by atoms with Gasteiger partial charge in [0.25, 0.3) is 0 Å². The second-order valence-corrected chi connectivity index (χ2v) is 6.09.